The zero-order valence-electron chi connectivity index (χ0n) is 10.7. The third kappa shape index (κ3) is 2.01. The van der Waals surface area contributed by atoms with E-state index in [1.165, 1.54) is 36.1 Å². The number of hydrogen-bond donors (Lipinski definition) is 1. The van der Waals surface area contributed by atoms with E-state index in [2.05, 4.69) is 21.6 Å². The van der Waals surface area contributed by atoms with Crippen molar-refractivity contribution in [2.45, 2.75) is 44.1 Å². The van der Waals surface area contributed by atoms with Gasteiger partial charge in [-0.3, -0.25) is 0 Å². The van der Waals surface area contributed by atoms with Crippen molar-refractivity contribution in [3.63, 3.8) is 0 Å². The Morgan fingerprint density at radius 2 is 2.26 bits per heavy atom. The summed E-state index contributed by atoms with van der Waals surface area (Å²) in [5.41, 5.74) is 7.52. The third-order valence-corrected chi connectivity index (χ3v) is 5.23. The lowest BCUT2D eigenvalue weighted by molar-refractivity contribution is 0.347. The van der Waals surface area contributed by atoms with Gasteiger partial charge in [-0.15, -0.1) is 11.3 Å². The molecule has 4 nitrogen and oxygen atoms in total. The molecule has 2 N–H and O–H groups in total. The maximum Gasteiger partial charge on any atom is 0.234 e. The molecule has 5 heteroatoms. The summed E-state index contributed by atoms with van der Waals surface area (Å²) in [6, 6.07) is 2.16. The molecule has 2 aliphatic carbocycles. The first-order valence-corrected chi connectivity index (χ1v) is 7.86. The maximum atomic E-state index is 6.13. The van der Waals surface area contributed by atoms with Gasteiger partial charge < -0.3 is 10.3 Å². The number of aromatic nitrogens is 2. The lowest BCUT2D eigenvalue weighted by atomic mass is 9.88. The summed E-state index contributed by atoms with van der Waals surface area (Å²) in [6.45, 7) is 0. The van der Waals surface area contributed by atoms with Crippen LogP contribution < -0.4 is 5.73 Å². The Hall–Kier alpha value is -1.20. The van der Waals surface area contributed by atoms with Crippen molar-refractivity contribution in [3.8, 4) is 0 Å². The van der Waals surface area contributed by atoms with E-state index in [9.17, 15) is 0 Å². The van der Waals surface area contributed by atoms with Crippen LogP contribution in [-0.2, 0) is 6.42 Å². The molecule has 2 heterocycles. The number of nitrogens with two attached hydrogens (primary N) is 1. The van der Waals surface area contributed by atoms with Crippen LogP contribution in [-0.4, -0.2) is 10.1 Å². The van der Waals surface area contributed by atoms with Crippen molar-refractivity contribution in [2.24, 2.45) is 11.7 Å². The number of fused-ring (bicyclic) bond motifs is 1. The van der Waals surface area contributed by atoms with Gasteiger partial charge in [-0.1, -0.05) is 5.16 Å². The van der Waals surface area contributed by atoms with Crippen molar-refractivity contribution in [1.29, 1.82) is 0 Å². The molecule has 0 aromatic carbocycles. The predicted octanol–water partition coefficient (Wildman–Crippen LogP) is 3.01. The van der Waals surface area contributed by atoms with Gasteiger partial charge >= 0.3 is 0 Å². The molecule has 2 aromatic rings. The van der Waals surface area contributed by atoms with Crippen molar-refractivity contribution in [1.82, 2.24) is 10.1 Å². The molecule has 4 rings (SSSR count). The Labute approximate surface area is 116 Å². The van der Waals surface area contributed by atoms with Crippen LogP contribution in [0.3, 0.4) is 0 Å². The fourth-order valence-electron chi connectivity index (χ4n) is 2.93. The molecule has 2 aromatic heterocycles. The van der Waals surface area contributed by atoms with E-state index in [1.807, 2.05) is 11.3 Å². The van der Waals surface area contributed by atoms with Crippen LogP contribution >= 0.6 is 11.3 Å². The van der Waals surface area contributed by atoms with E-state index in [-0.39, 0.29) is 12.0 Å². The van der Waals surface area contributed by atoms with Gasteiger partial charge in [-0.05, 0) is 55.0 Å². The molecular formula is C14H17N3OS. The summed E-state index contributed by atoms with van der Waals surface area (Å²) in [7, 11) is 0. The highest BCUT2D eigenvalue weighted by Gasteiger charge is 2.34. The number of nitrogens with zero attached hydrogens (tertiary/aromatic N) is 2. The second-order valence-electron chi connectivity index (χ2n) is 5.60. The predicted molar refractivity (Wildman–Crippen MR) is 73.1 cm³/mol. The number of aryl methyl sites for hydroxylation is 1. The summed E-state index contributed by atoms with van der Waals surface area (Å²) >= 11 is 1.84. The van der Waals surface area contributed by atoms with Crippen molar-refractivity contribution < 1.29 is 4.52 Å². The molecule has 0 amide bonds. The maximum absolute atomic E-state index is 6.13. The average molecular weight is 275 g/mol. The molecule has 1 fully saturated rings. The van der Waals surface area contributed by atoms with E-state index >= 15 is 0 Å². The molecule has 2 aliphatic rings. The fraction of sp³-hybridized carbons (Fsp3) is 0.571. The first kappa shape index (κ1) is 11.6. The number of rotatable bonds is 3. The van der Waals surface area contributed by atoms with E-state index in [0.29, 0.717) is 11.7 Å². The van der Waals surface area contributed by atoms with Gasteiger partial charge in [0.05, 0.1) is 12.0 Å². The topological polar surface area (TPSA) is 64.9 Å². The summed E-state index contributed by atoms with van der Waals surface area (Å²) < 4.78 is 5.49. The number of hydrogen-bond acceptors (Lipinski definition) is 5. The molecule has 0 spiro atoms. The second kappa shape index (κ2) is 4.42. The minimum absolute atomic E-state index is 0.0389. The Morgan fingerprint density at radius 1 is 1.37 bits per heavy atom. The lowest BCUT2D eigenvalue weighted by Gasteiger charge is -2.18. The highest BCUT2D eigenvalue weighted by molar-refractivity contribution is 7.10. The SMILES string of the molecule is NC(c1noc(C2CCCc3sccc32)n1)C1CC1. The monoisotopic (exact) mass is 275 g/mol. The van der Waals surface area contributed by atoms with Gasteiger partial charge in [-0.25, -0.2) is 0 Å². The van der Waals surface area contributed by atoms with Gasteiger partial charge in [0.2, 0.25) is 5.89 Å². The Morgan fingerprint density at radius 3 is 3.11 bits per heavy atom. The van der Waals surface area contributed by atoms with Crippen LogP contribution in [0, 0.1) is 5.92 Å². The second-order valence-corrected chi connectivity index (χ2v) is 6.60. The molecule has 1 saturated carbocycles. The summed E-state index contributed by atoms with van der Waals surface area (Å²) in [5, 5.41) is 6.27. The molecule has 0 aliphatic heterocycles. The highest BCUT2D eigenvalue weighted by Crippen LogP contribution is 2.41. The molecule has 19 heavy (non-hydrogen) atoms. The Balaban J connectivity index is 1.63. The zero-order valence-corrected chi connectivity index (χ0v) is 11.5. The van der Waals surface area contributed by atoms with E-state index in [0.717, 1.165) is 12.3 Å². The van der Waals surface area contributed by atoms with Crippen molar-refractivity contribution in [2.75, 3.05) is 0 Å². The van der Waals surface area contributed by atoms with Gasteiger partial charge in [-0.2, -0.15) is 4.98 Å². The van der Waals surface area contributed by atoms with Gasteiger partial charge in [0.1, 0.15) is 0 Å². The van der Waals surface area contributed by atoms with E-state index in [1.54, 1.807) is 0 Å². The first-order valence-electron chi connectivity index (χ1n) is 6.98. The van der Waals surface area contributed by atoms with Crippen molar-refractivity contribution >= 4 is 11.3 Å². The van der Waals surface area contributed by atoms with E-state index in [4.69, 9.17) is 10.3 Å². The zero-order chi connectivity index (χ0) is 12.8. The summed E-state index contributed by atoms with van der Waals surface area (Å²) in [5.74, 6) is 2.29. The highest BCUT2D eigenvalue weighted by atomic mass is 32.1. The van der Waals surface area contributed by atoms with Gasteiger partial charge in [0, 0.05) is 4.88 Å². The smallest absolute Gasteiger partial charge is 0.234 e. The van der Waals surface area contributed by atoms with Crippen LogP contribution in [0.4, 0.5) is 0 Å². The standard InChI is InChI=1S/C14H17N3OS/c15-12(8-4-5-8)13-16-14(18-17-13)10-2-1-3-11-9(10)6-7-19-11/h6-8,10,12H,1-5,15H2. The fourth-order valence-corrected chi connectivity index (χ4v) is 3.92. The summed E-state index contributed by atoms with van der Waals surface area (Å²) in [6.07, 6.45) is 5.88. The average Bonchev–Trinajstić information content (AvgIpc) is 2.98. The molecular weight excluding hydrogens is 258 g/mol. The lowest BCUT2D eigenvalue weighted by Crippen LogP contribution is -2.14. The third-order valence-electron chi connectivity index (χ3n) is 4.24. The summed E-state index contributed by atoms with van der Waals surface area (Å²) in [4.78, 5) is 6.05. The molecule has 0 radical (unpaired) electrons. The Kier molecular flexibility index (Phi) is 2.70. The van der Waals surface area contributed by atoms with Crippen LogP contribution in [0.1, 0.15) is 59.8 Å². The van der Waals surface area contributed by atoms with Gasteiger partial charge in [0.25, 0.3) is 0 Å². The molecule has 2 unspecified atom stereocenters. The number of thiophene rings is 1. The molecule has 100 valence electrons. The van der Waals surface area contributed by atoms with Gasteiger partial charge in [0.15, 0.2) is 5.82 Å². The largest absolute Gasteiger partial charge is 0.339 e. The minimum Gasteiger partial charge on any atom is -0.339 e. The van der Waals surface area contributed by atoms with Crippen LogP contribution in [0.15, 0.2) is 16.0 Å². The van der Waals surface area contributed by atoms with Crippen molar-refractivity contribution in [3.05, 3.63) is 33.6 Å². The minimum atomic E-state index is -0.0389. The Bertz CT molecular complexity index is 587. The molecule has 0 saturated heterocycles. The molecule has 0 bridgehead atoms. The quantitative estimate of drug-likeness (QED) is 0.935. The normalized spacial score (nSPS) is 24.2. The van der Waals surface area contributed by atoms with E-state index < -0.39 is 0 Å². The van der Waals surface area contributed by atoms with Crippen LogP contribution in [0.2, 0.25) is 0 Å². The van der Waals surface area contributed by atoms with Crippen LogP contribution in [0.25, 0.3) is 0 Å². The first-order chi connectivity index (χ1) is 9.33. The van der Waals surface area contributed by atoms with Crippen LogP contribution in [0.5, 0.6) is 0 Å². The molecule has 2 atom stereocenters.